The molecule has 0 amide bonds. The third-order valence-electron chi connectivity index (χ3n) is 2.83. The average Bonchev–Trinajstić information content (AvgIpc) is 3.00. The van der Waals surface area contributed by atoms with E-state index >= 15 is 0 Å². The first kappa shape index (κ1) is 9.94. The molecule has 1 aromatic carbocycles. The highest BCUT2D eigenvalue weighted by atomic mass is 35.5. The summed E-state index contributed by atoms with van der Waals surface area (Å²) in [6.45, 7) is 0.0397. The topological polar surface area (TPSA) is 26.0 Å². The van der Waals surface area contributed by atoms with Gasteiger partial charge in [0.25, 0.3) is 0 Å². The minimum Gasteiger partial charge on any atom is -0.327 e. The molecule has 0 aromatic heterocycles. The maximum Gasteiger partial charge on any atom is 0.150 e. The van der Waals surface area contributed by atoms with Crippen molar-refractivity contribution in [2.75, 3.05) is 6.54 Å². The average molecular weight is 214 g/mol. The highest BCUT2D eigenvalue weighted by Crippen LogP contribution is 2.48. The predicted octanol–water partition coefficient (Wildman–Crippen LogP) is 2.87. The SMILES string of the molecule is NCC(F)(c1cccc(Cl)c1)C1CC1. The molecule has 0 saturated heterocycles. The molecule has 1 aliphatic rings. The molecule has 1 atom stereocenters. The highest BCUT2D eigenvalue weighted by molar-refractivity contribution is 6.30. The fourth-order valence-corrected chi connectivity index (χ4v) is 2.00. The molecule has 76 valence electrons. The van der Waals surface area contributed by atoms with E-state index in [0.29, 0.717) is 10.6 Å². The first-order valence-electron chi connectivity index (χ1n) is 4.82. The van der Waals surface area contributed by atoms with Crippen molar-refractivity contribution in [1.82, 2.24) is 0 Å². The number of rotatable bonds is 3. The van der Waals surface area contributed by atoms with Crippen LogP contribution in [0.2, 0.25) is 5.02 Å². The lowest BCUT2D eigenvalue weighted by Gasteiger charge is -2.24. The fourth-order valence-electron chi connectivity index (χ4n) is 1.81. The van der Waals surface area contributed by atoms with Gasteiger partial charge in [0.05, 0.1) is 0 Å². The second kappa shape index (κ2) is 3.52. The predicted molar refractivity (Wildman–Crippen MR) is 56.0 cm³/mol. The quantitative estimate of drug-likeness (QED) is 0.821. The Kier molecular flexibility index (Phi) is 2.50. The van der Waals surface area contributed by atoms with Gasteiger partial charge in [-0.1, -0.05) is 23.7 Å². The van der Waals surface area contributed by atoms with Crippen molar-refractivity contribution in [1.29, 1.82) is 0 Å². The van der Waals surface area contributed by atoms with Crippen LogP contribution in [0.25, 0.3) is 0 Å². The van der Waals surface area contributed by atoms with Crippen LogP contribution in [0, 0.1) is 5.92 Å². The molecule has 1 aliphatic carbocycles. The summed E-state index contributed by atoms with van der Waals surface area (Å²) in [4.78, 5) is 0. The van der Waals surface area contributed by atoms with Crippen molar-refractivity contribution in [2.45, 2.75) is 18.5 Å². The smallest absolute Gasteiger partial charge is 0.150 e. The van der Waals surface area contributed by atoms with E-state index < -0.39 is 5.67 Å². The number of halogens is 2. The van der Waals surface area contributed by atoms with Crippen LogP contribution in [0.5, 0.6) is 0 Å². The molecule has 0 radical (unpaired) electrons. The van der Waals surface area contributed by atoms with E-state index in [2.05, 4.69) is 0 Å². The molecule has 3 heteroatoms. The van der Waals surface area contributed by atoms with Gasteiger partial charge in [0.1, 0.15) is 0 Å². The van der Waals surface area contributed by atoms with Gasteiger partial charge in [0.2, 0.25) is 0 Å². The van der Waals surface area contributed by atoms with Crippen molar-refractivity contribution in [3.05, 3.63) is 34.9 Å². The summed E-state index contributed by atoms with van der Waals surface area (Å²) < 4.78 is 14.4. The van der Waals surface area contributed by atoms with Crippen LogP contribution in [0.4, 0.5) is 4.39 Å². The zero-order valence-electron chi connectivity index (χ0n) is 7.84. The fraction of sp³-hybridized carbons (Fsp3) is 0.455. The Labute approximate surface area is 88.1 Å². The standard InChI is InChI=1S/C11H13ClFN/c12-10-3-1-2-9(6-10)11(13,7-14)8-4-5-8/h1-3,6,8H,4-5,7,14H2. The number of hydrogen-bond acceptors (Lipinski definition) is 1. The van der Waals surface area contributed by atoms with Gasteiger partial charge in [-0.15, -0.1) is 0 Å². The van der Waals surface area contributed by atoms with Gasteiger partial charge in [-0.05, 0) is 36.5 Å². The van der Waals surface area contributed by atoms with E-state index in [9.17, 15) is 4.39 Å². The second-order valence-corrected chi connectivity index (χ2v) is 4.29. The van der Waals surface area contributed by atoms with Gasteiger partial charge >= 0.3 is 0 Å². The van der Waals surface area contributed by atoms with Crippen LogP contribution in [-0.4, -0.2) is 6.54 Å². The van der Waals surface area contributed by atoms with Crippen molar-refractivity contribution in [3.8, 4) is 0 Å². The number of nitrogens with two attached hydrogens (primary N) is 1. The zero-order valence-corrected chi connectivity index (χ0v) is 8.60. The molecule has 0 bridgehead atoms. The Bertz CT molecular complexity index is 338. The maximum atomic E-state index is 14.4. The molecule has 1 fully saturated rings. The van der Waals surface area contributed by atoms with Crippen molar-refractivity contribution < 1.29 is 4.39 Å². The summed E-state index contributed by atoms with van der Waals surface area (Å²) in [6, 6.07) is 6.95. The Morgan fingerprint density at radius 3 is 2.71 bits per heavy atom. The summed E-state index contributed by atoms with van der Waals surface area (Å²) in [5.74, 6) is 0.0889. The molecular weight excluding hydrogens is 201 g/mol. The summed E-state index contributed by atoms with van der Waals surface area (Å²) in [6.07, 6.45) is 1.86. The Hall–Kier alpha value is -0.600. The largest absolute Gasteiger partial charge is 0.327 e. The molecule has 2 rings (SSSR count). The first-order valence-corrected chi connectivity index (χ1v) is 5.19. The van der Waals surface area contributed by atoms with Crippen LogP contribution >= 0.6 is 11.6 Å². The summed E-state index contributed by atoms with van der Waals surface area (Å²) >= 11 is 5.83. The molecule has 14 heavy (non-hydrogen) atoms. The lowest BCUT2D eigenvalue weighted by atomic mass is 9.91. The van der Waals surface area contributed by atoms with Gasteiger partial charge in [-0.25, -0.2) is 4.39 Å². The Morgan fingerprint density at radius 2 is 2.21 bits per heavy atom. The second-order valence-electron chi connectivity index (χ2n) is 3.85. The molecule has 1 nitrogen and oxygen atoms in total. The van der Waals surface area contributed by atoms with Crippen molar-refractivity contribution in [3.63, 3.8) is 0 Å². The zero-order chi connectivity index (χ0) is 10.2. The van der Waals surface area contributed by atoms with E-state index in [4.69, 9.17) is 17.3 Å². The van der Waals surface area contributed by atoms with E-state index in [0.717, 1.165) is 12.8 Å². The molecule has 1 unspecified atom stereocenters. The highest BCUT2D eigenvalue weighted by Gasteiger charge is 2.46. The minimum absolute atomic E-state index is 0.0397. The van der Waals surface area contributed by atoms with Crippen LogP contribution < -0.4 is 5.73 Å². The van der Waals surface area contributed by atoms with E-state index in [-0.39, 0.29) is 12.5 Å². The summed E-state index contributed by atoms with van der Waals surface area (Å²) in [5.41, 5.74) is 4.76. The lowest BCUT2D eigenvalue weighted by Crippen LogP contribution is -2.32. The van der Waals surface area contributed by atoms with Crippen LogP contribution in [-0.2, 0) is 5.67 Å². The normalized spacial score (nSPS) is 20.5. The summed E-state index contributed by atoms with van der Waals surface area (Å²) in [5, 5.41) is 0.568. The van der Waals surface area contributed by atoms with Gasteiger partial charge in [-0.3, -0.25) is 0 Å². The third kappa shape index (κ3) is 1.64. The van der Waals surface area contributed by atoms with Gasteiger partial charge in [0, 0.05) is 11.6 Å². The van der Waals surface area contributed by atoms with Crippen LogP contribution in [0.15, 0.2) is 24.3 Å². The maximum absolute atomic E-state index is 14.4. The van der Waals surface area contributed by atoms with Gasteiger partial charge in [-0.2, -0.15) is 0 Å². The molecule has 2 N–H and O–H groups in total. The molecule has 0 aliphatic heterocycles. The van der Waals surface area contributed by atoms with Crippen molar-refractivity contribution >= 4 is 11.6 Å². The van der Waals surface area contributed by atoms with E-state index in [1.807, 2.05) is 0 Å². The first-order chi connectivity index (χ1) is 6.66. The Morgan fingerprint density at radius 1 is 1.50 bits per heavy atom. The number of alkyl halides is 1. The van der Waals surface area contributed by atoms with Gasteiger partial charge in [0.15, 0.2) is 5.67 Å². The molecule has 1 aromatic rings. The monoisotopic (exact) mass is 213 g/mol. The van der Waals surface area contributed by atoms with Crippen LogP contribution in [0.3, 0.4) is 0 Å². The number of hydrogen-bond donors (Lipinski definition) is 1. The van der Waals surface area contributed by atoms with Crippen LogP contribution in [0.1, 0.15) is 18.4 Å². The lowest BCUT2D eigenvalue weighted by molar-refractivity contribution is 0.143. The molecular formula is C11H13ClFN. The number of benzene rings is 1. The third-order valence-corrected chi connectivity index (χ3v) is 3.06. The van der Waals surface area contributed by atoms with E-state index in [1.54, 1.807) is 24.3 Å². The molecule has 0 heterocycles. The Balaban J connectivity index is 2.35. The molecule has 0 spiro atoms. The molecule has 1 saturated carbocycles. The minimum atomic E-state index is -1.37. The van der Waals surface area contributed by atoms with Gasteiger partial charge < -0.3 is 5.73 Å². The van der Waals surface area contributed by atoms with E-state index in [1.165, 1.54) is 0 Å². The van der Waals surface area contributed by atoms with Crippen molar-refractivity contribution in [2.24, 2.45) is 11.7 Å². The summed E-state index contributed by atoms with van der Waals surface area (Å²) in [7, 11) is 0.